The number of rotatable bonds is 7. The van der Waals surface area contributed by atoms with Crippen LogP contribution in [0.2, 0.25) is 0 Å². The average Bonchev–Trinajstić information content (AvgIpc) is 3.09. The Morgan fingerprint density at radius 2 is 1.69 bits per heavy atom. The highest BCUT2D eigenvalue weighted by Gasteiger charge is 2.25. The quantitative estimate of drug-likeness (QED) is 0.624. The lowest BCUT2D eigenvalue weighted by atomic mass is 9.90. The van der Waals surface area contributed by atoms with Crippen LogP contribution in [0.4, 0.5) is 0 Å². The standard InChI is InChI=1S/C25H40N4/c1-2-16-26-19-25-27-23-12-8-9-13-24(23)29(25)22-14-17-28(18-15-22)20-21-10-6-4-3-5-7-11-21/h8-9,12-13,21-22,26H,2-7,10-11,14-20H2,1H3. The van der Waals surface area contributed by atoms with Crippen molar-refractivity contribution in [2.24, 2.45) is 5.92 Å². The monoisotopic (exact) mass is 396 g/mol. The predicted molar refractivity (Wildman–Crippen MR) is 122 cm³/mol. The molecule has 1 N–H and O–H groups in total. The first-order chi connectivity index (χ1) is 14.3. The summed E-state index contributed by atoms with van der Waals surface area (Å²) in [5.74, 6) is 2.16. The van der Waals surface area contributed by atoms with Gasteiger partial charge in [0.05, 0.1) is 17.6 Å². The smallest absolute Gasteiger partial charge is 0.124 e. The Balaban J connectivity index is 1.39. The van der Waals surface area contributed by atoms with E-state index in [1.54, 1.807) is 0 Å². The van der Waals surface area contributed by atoms with Gasteiger partial charge in [-0.15, -0.1) is 0 Å². The van der Waals surface area contributed by atoms with E-state index in [1.165, 1.54) is 95.2 Å². The second-order valence-corrected chi connectivity index (χ2v) is 9.31. The van der Waals surface area contributed by atoms with Gasteiger partial charge in [0.1, 0.15) is 5.82 Å². The molecule has 1 aliphatic heterocycles. The molecule has 2 heterocycles. The van der Waals surface area contributed by atoms with Crippen molar-refractivity contribution in [3.8, 4) is 0 Å². The second-order valence-electron chi connectivity index (χ2n) is 9.31. The van der Waals surface area contributed by atoms with E-state index >= 15 is 0 Å². The lowest BCUT2D eigenvalue weighted by Gasteiger charge is -2.36. The fraction of sp³-hybridized carbons (Fsp3) is 0.720. The molecular formula is C25H40N4. The van der Waals surface area contributed by atoms with E-state index in [0.717, 1.165) is 24.5 Å². The molecule has 4 heteroatoms. The molecule has 1 aromatic heterocycles. The molecular weight excluding hydrogens is 356 g/mol. The van der Waals surface area contributed by atoms with Gasteiger partial charge in [-0.1, -0.05) is 51.2 Å². The molecule has 4 rings (SSSR count). The van der Waals surface area contributed by atoms with Gasteiger partial charge in [0.15, 0.2) is 0 Å². The van der Waals surface area contributed by atoms with Gasteiger partial charge >= 0.3 is 0 Å². The van der Waals surface area contributed by atoms with Crippen molar-refractivity contribution in [3.63, 3.8) is 0 Å². The molecule has 0 spiro atoms. The molecule has 29 heavy (non-hydrogen) atoms. The van der Waals surface area contributed by atoms with Gasteiger partial charge < -0.3 is 14.8 Å². The number of aromatic nitrogens is 2. The summed E-state index contributed by atoms with van der Waals surface area (Å²) in [4.78, 5) is 7.74. The number of nitrogens with zero attached hydrogens (tertiary/aromatic N) is 3. The molecule has 0 bridgehead atoms. The molecule has 2 aliphatic rings. The van der Waals surface area contributed by atoms with Gasteiger partial charge in [0.2, 0.25) is 0 Å². The van der Waals surface area contributed by atoms with Crippen LogP contribution in [-0.2, 0) is 6.54 Å². The Hall–Kier alpha value is -1.39. The lowest BCUT2D eigenvalue weighted by Crippen LogP contribution is -2.38. The van der Waals surface area contributed by atoms with Crippen LogP contribution < -0.4 is 5.32 Å². The minimum absolute atomic E-state index is 0.592. The van der Waals surface area contributed by atoms with Crippen molar-refractivity contribution in [3.05, 3.63) is 30.1 Å². The van der Waals surface area contributed by atoms with Crippen molar-refractivity contribution >= 4 is 11.0 Å². The third kappa shape index (κ3) is 5.40. The number of fused-ring (bicyclic) bond motifs is 1. The minimum atomic E-state index is 0.592. The maximum atomic E-state index is 4.98. The first-order valence-corrected chi connectivity index (χ1v) is 12.2. The molecule has 2 aromatic rings. The van der Waals surface area contributed by atoms with Crippen molar-refractivity contribution in [2.75, 3.05) is 26.2 Å². The zero-order valence-corrected chi connectivity index (χ0v) is 18.4. The van der Waals surface area contributed by atoms with E-state index in [0.29, 0.717) is 6.04 Å². The van der Waals surface area contributed by atoms with E-state index in [4.69, 9.17) is 4.98 Å². The fourth-order valence-electron chi connectivity index (χ4n) is 5.45. The van der Waals surface area contributed by atoms with Crippen LogP contribution in [-0.4, -0.2) is 40.6 Å². The van der Waals surface area contributed by atoms with Crippen LogP contribution >= 0.6 is 0 Å². The summed E-state index contributed by atoms with van der Waals surface area (Å²) >= 11 is 0. The van der Waals surface area contributed by atoms with Gasteiger partial charge in [-0.2, -0.15) is 0 Å². The molecule has 2 fully saturated rings. The first kappa shape index (κ1) is 20.9. The predicted octanol–water partition coefficient (Wildman–Crippen LogP) is 5.53. The minimum Gasteiger partial charge on any atom is -0.324 e. The number of likely N-dealkylation sites (tertiary alicyclic amines) is 1. The summed E-state index contributed by atoms with van der Waals surface area (Å²) in [7, 11) is 0. The van der Waals surface area contributed by atoms with E-state index < -0.39 is 0 Å². The number of benzene rings is 1. The molecule has 0 unspecified atom stereocenters. The molecule has 1 aliphatic carbocycles. The fourth-order valence-corrected chi connectivity index (χ4v) is 5.45. The largest absolute Gasteiger partial charge is 0.324 e. The molecule has 1 saturated carbocycles. The van der Waals surface area contributed by atoms with Crippen LogP contribution in [0, 0.1) is 5.92 Å². The zero-order valence-electron chi connectivity index (χ0n) is 18.4. The van der Waals surface area contributed by atoms with E-state index in [9.17, 15) is 0 Å². The number of imidazole rings is 1. The van der Waals surface area contributed by atoms with Gasteiger partial charge in [-0.25, -0.2) is 4.98 Å². The highest BCUT2D eigenvalue weighted by molar-refractivity contribution is 5.76. The van der Waals surface area contributed by atoms with Crippen molar-refractivity contribution < 1.29 is 0 Å². The second kappa shape index (κ2) is 10.6. The molecule has 0 atom stereocenters. The maximum Gasteiger partial charge on any atom is 0.124 e. The van der Waals surface area contributed by atoms with Crippen LogP contribution in [0.5, 0.6) is 0 Å². The van der Waals surface area contributed by atoms with Crippen LogP contribution in [0.15, 0.2) is 24.3 Å². The first-order valence-electron chi connectivity index (χ1n) is 12.2. The number of piperidine rings is 1. The normalized spacial score (nSPS) is 20.7. The van der Waals surface area contributed by atoms with Crippen molar-refractivity contribution in [2.45, 2.75) is 83.7 Å². The summed E-state index contributed by atoms with van der Waals surface area (Å²) in [5, 5.41) is 3.57. The third-order valence-corrected chi connectivity index (χ3v) is 7.04. The van der Waals surface area contributed by atoms with E-state index in [2.05, 4.69) is 46.0 Å². The summed E-state index contributed by atoms with van der Waals surface area (Å²) < 4.78 is 2.56. The summed E-state index contributed by atoms with van der Waals surface area (Å²) in [5.41, 5.74) is 2.47. The molecule has 4 nitrogen and oxygen atoms in total. The molecule has 1 saturated heterocycles. The Labute approximate surface area is 177 Å². The third-order valence-electron chi connectivity index (χ3n) is 7.04. The van der Waals surface area contributed by atoms with Crippen LogP contribution in [0.25, 0.3) is 11.0 Å². The van der Waals surface area contributed by atoms with Gasteiger partial charge in [0.25, 0.3) is 0 Å². The van der Waals surface area contributed by atoms with E-state index in [-0.39, 0.29) is 0 Å². The summed E-state index contributed by atoms with van der Waals surface area (Å²) in [6.45, 7) is 7.99. The number of nitrogens with one attached hydrogen (secondary N) is 1. The van der Waals surface area contributed by atoms with Crippen molar-refractivity contribution in [1.29, 1.82) is 0 Å². The highest BCUT2D eigenvalue weighted by Crippen LogP contribution is 2.30. The Kier molecular flexibility index (Phi) is 7.61. The molecule has 0 radical (unpaired) electrons. The lowest BCUT2D eigenvalue weighted by molar-refractivity contribution is 0.152. The zero-order chi connectivity index (χ0) is 19.9. The van der Waals surface area contributed by atoms with Crippen molar-refractivity contribution in [1.82, 2.24) is 19.8 Å². The maximum absolute atomic E-state index is 4.98. The molecule has 160 valence electrons. The van der Waals surface area contributed by atoms with Crippen LogP contribution in [0.3, 0.4) is 0 Å². The SMILES string of the molecule is CCCNCc1nc2ccccc2n1C1CCN(CC2CCCCCCC2)CC1. The average molecular weight is 397 g/mol. The van der Waals surface area contributed by atoms with Gasteiger partial charge in [0, 0.05) is 25.7 Å². The molecule has 0 amide bonds. The Morgan fingerprint density at radius 1 is 0.966 bits per heavy atom. The van der Waals surface area contributed by atoms with Crippen LogP contribution in [0.1, 0.15) is 83.0 Å². The number of hydrogen-bond acceptors (Lipinski definition) is 3. The van der Waals surface area contributed by atoms with Gasteiger partial charge in [-0.05, 0) is 56.7 Å². The number of hydrogen-bond donors (Lipinski definition) is 1. The number of para-hydroxylation sites is 2. The van der Waals surface area contributed by atoms with Gasteiger partial charge in [-0.3, -0.25) is 0 Å². The highest BCUT2D eigenvalue weighted by atomic mass is 15.2. The topological polar surface area (TPSA) is 33.1 Å². The van der Waals surface area contributed by atoms with E-state index in [1.807, 2.05) is 0 Å². The summed E-state index contributed by atoms with van der Waals surface area (Å²) in [6.07, 6.45) is 13.9. The summed E-state index contributed by atoms with van der Waals surface area (Å²) in [6, 6.07) is 9.29. The Bertz CT molecular complexity index is 736. The molecule has 1 aromatic carbocycles. The Morgan fingerprint density at radius 3 is 2.45 bits per heavy atom.